The molecule has 2 saturated heterocycles. The second-order valence-corrected chi connectivity index (χ2v) is 9.09. The van der Waals surface area contributed by atoms with Gasteiger partial charge in [-0.1, -0.05) is 50.8 Å². The minimum absolute atomic E-state index is 0.00431. The molecule has 0 bridgehead atoms. The van der Waals surface area contributed by atoms with Crippen molar-refractivity contribution in [3.05, 3.63) is 30.3 Å². The van der Waals surface area contributed by atoms with Crippen molar-refractivity contribution in [1.82, 2.24) is 15.5 Å². The van der Waals surface area contributed by atoms with Crippen LogP contribution in [0.2, 0.25) is 0 Å². The van der Waals surface area contributed by atoms with Gasteiger partial charge in [-0.15, -0.1) is 0 Å². The molecular weight excluding hydrogens is 376 g/mol. The van der Waals surface area contributed by atoms with Crippen molar-refractivity contribution in [2.45, 2.75) is 82.5 Å². The van der Waals surface area contributed by atoms with Gasteiger partial charge in [-0.3, -0.25) is 9.59 Å². The number of piperidine rings is 1. The number of nitrogens with zero attached hydrogens (tertiary/aromatic N) is 2. The molecule has 2 heterocycles. The maximum Gasteiger partial charge on any atom is 0.250 e. The first-order valence-electron chi connectivity index (χ1n) is 11.8. The van der Waals surface area contributed by atoms with Gasteiger partial charge >= 0.3 is 0 Å². The Morgan fingerprint density at radius 3 is 2.50 bits per heavy atom. The van der Waals surface area contributed by atoms with Crippen LogP contribution in [0.1, 0.15) is 64.7 Å². The molecule has 1 aromatic rings. The fourth-order valence-electron chi connectivity index (χ4n) is 5.63. The molecule has 164 valence electrons. The highest BCUT2D eigenvalue weighted by Gasteiger charge is 2.57. The van der Waals surface area contributed by atoms with Gasteiger partial charge in [0.15, 0.2) is 0 Å². The predicted octanol–water partition coefficient (Wildman–Crippen LogP) is 3.03. The van der Waals surface area contributed by atoms with E-state index in [4.69, 9.17) is 0 Å². The van der Waals surface area contributed by atoms with Gasteiger partial charge < -0.3 is 20.4 Å². The van der Waals surface area contributed by atoms with Crippen LogP contribution >= 0.6 is 0 Å². The summed E-state index contributed by atoms with van der Waals surface area (Å²) in [6.07, 6.45) is 9.08. The van der Waals surface area contributed by atoms with Crippen LogP contribution in [-0.4, -0.2) is 54.1 Å². The largest absolute Gasteiger partial charge is 0.352 e. The van der Waals surface area contributed by atoms with E-state index in [9.17, 15) is 9.59 Å². The molecule has 0 radical (unpaired) electrons. The Bertz CT molecular complexity index is 726. The highest BCUT2D eigenvalue weighted by atomic mass is 16.2. The van der Waals surface area contributed by atoms with Gasteiger partial charge in [-0.2, -0.15) is 0 Å². The lowest BCUT2D eigenvalue weighted by Crippen LogP contribution is -2.56. The summed E-state index contributed by atoms with van der Waals surface area (Å²) in [7, 11) is 0. The van der Waals surface area contributed by atoms with Crippen molar-refractivity contribution in [2.24, 2.45) is 0 Å². The molecule has 2 aliphatic heterocycles. The van der Waals surface area contributed by atoms with Crippen molar-refractivity contribution < 1.29 is 9.59 Å². The smallest absolute Gasteiger partial charge is 0.250 e. The van der Waals surface area contributed by atoms with Crippen LogP contribution in [0.5, 0.6) is 0 Å². The molecule has 2 amide bonds. The summed E-state index contributed by atoms with van der Waals surface area (Å²) in [6, 6.07) is 10.6. The van der Waals surface area contributed by atoms with Gasteiger partial charge in [0, 0.05) is 11.7 Å². The Kier molecular flexibility index (Phi) is 6.61. The lowest BCUT2D eigenvalue weighted by atomic mass is 9.86. The fraction of sp³-hybridized carbons (Fsp3) is 0.667. The summed E-state index contributed by atoms with van der Waals surface area (Å²) in [4.78, 5) is 31.0. The Morgan fingerprint density at radius 2 is 1.83 bits per heavy atom. The second kappa shape index (κ2) is 9.38. The predicted molar refractivity (Wildman–Crippen MR) is 119 cm³/mol. The van der Waals surface area contributed by atoms with E-state index in [0.717, 1.165) is 57.3 Å². The van der Waals surface area contributed by atoms with Crippen LogP contribution < -0.4 is 15.5 Å². The maximum atomic E-state index is 13.9. The van der Waals surface area contributed by atoms with Gasteiger partial charge in [0.2, 0.25) is 5.91 Å². The van der Waals surface area contributed by atoms with E-state index in [1.807, 2.05) is 23.1 Å². The quantitative estimate of drug-likeness (QED) is 0.754. The molecule has 1 unspecified atom stereocenters. The molecule has 4 rings (SSSR count). The number of nitrogens with one attached hydrogen (secondary N) is 2. The minimum Gasteiger partial charge on any atom is -0.352 e. The van der Waals surface area contributed by atoms with Gasteiger partial charge in [0.25, 0.3) is 5.91 Å². The normalized spacial score (nSPS) is 24.4. The molecule has 1 atom stereocenters. The standard InChI is InChI=1S/C24H36N4O2/c1-2-9-22-27(18-21(29)26-19-10-5-3-6-11-19)23(30)24(14-16-25-17-15-24)28(22)20-12-7-4-8-13-20/h4,7-8,12-13,19,22,25H,2-3,5-6,9-11,14-18H2,1H3,(H,26,29). The van der Waals surface area contributed by atoms with E-state index >= 15 is 0 Å². The molecule has 0 aromatic heterocycles. The number of rotatable bonds is 6. The summed E-state index contributed by atoms with van der Waals surface area (Å²) in [5.74, 6) is 0.125. The maximum absolute atomic E-state index is 13.9. The Labute approximate surface area is 180 Å². The first kappa shape index (κ1) is 21.2. The van der Waals surface area contributed by atoms with Crippen molar-refractivity contribution in [1.29, 1.82) is 0 Å². The van der Waals surface area contributed by atoms with E-state index < -0.39 is 5.54 Å². The highest BCUT2D eigenvalue weighted by molar-refractivity contribution is 5.97. The van der Waals surface area contributed by atoms with Crippen molar-refractivity contribution in [2.75, 3.05) is 24.5 Å². The molecule has 3 aliphatic rings. The van der Waals surface area contributed by atoms with Crippen LogP contribution in [0.3, 0.4) is 0 Å². The average molecular weight is 413 g/mol. The zero-order valence-corrected chi connectivity index (χ0v) is 18.2. The van der Waals surface area contributed by atoms with Crippen molar-refractivity contribution in [3.63, 3.8) is 0 Å². The molecule has 3 fully saturated rings. The lowest BCUT2D eigenvalue weighted by Gasteiger charge is -2.42. The first-order chi connectivity index (χ1) is 14.7. The van der Waals surface area contributed by atoms with E-state index in [-0.39, 0.29) is 30.6 Å². The molecule has 2 N–H and O–H groups in total. The number of carbonyl (C=O) groups excluding carboxylic acids is 2. The fourth-order valence-corrected chi connectivity index (χ4v) is 5.63. The van der Waals surface area contributed by atoms with Crippen molar-refractivity contribution in [3.8, 4) is 0 Å². The Balaban J connectivity index is 1.60. The SMILES string of the molecule is CCCC1N(CC(=O)NC2CCCCC2)C(=O)C2(CCNCC2)N1c1ccccc1. The summed E-state index contributed by atoms with van der Waals surface area (Å²) in [6.45, 7) is 3.98. The molecule has 1 aliphatic carbocycles. The zero-order chi connectivity index (χ0) is 21.0. The first-order valence-corrected chi connectivity index (χ1v) is 11.8. The van der Waals surface area contributed by atoms with E-state index in [1.54, 1.807) is 0 Å². The van der Waals surface area contributed by atoms with Gasteiger partial charge in [-0.25, -0.2) is 0 Å². The summed E-state index contributed by atoms with van der Waals surface area (Å²) < 4.78 is 0. The second-order valence-electron chi connectivity index (χ2n) is 9.09. The third kappa shape index (κ3) is 4.07. The van der Waals surface area contributed by atoms with Crippen LogP contribution in [0.25, 0.3) is 0 Å². The molecule has 6 nitrogen and oxygen atoms in total. The third-order valence-electron chi connectivity index (χ3n) is 7.07. The molecule has 1 saturated carbocycles. The molecular formula is C24H36N4O2. The zero-order valence-electron chi connectivity index (χ0n) is 18.2. The van der Waals surface area contributed by atoms with Crippen molar-refractivity contribution >= 4 is 17.5 Å². The number of hydrogen-bond donors (Lipinski definition) is 2. The van der Waals surface area contributed by atoms with Gasteiger partial charge in [0.05, 0.1) is 0 Å². The van der Waals surface area contributed by atoms with Crippen LogP contribution in [0.15, 0.2) is 30.3 Å². The highest BCUT2D eigenvalue weighted by Crippen LogP contribution is 2.42. The summed E-state index contributed by atoms with van der Waals surface area (Å²) >= 11 is 0. The Morgan fingerprint density at radius 1 is 1.13 bits per heavy atom. The van der Waals surface area contributed by atoms with Crippen LogP contribution in [-0.2, 0) is 9.59 Å². The van der Waals surface area contributed by atoms with E-state index in [1.165, 1.54) is 19.3 Å². The Hall–Kier alpha value is -2.08. The van der Waals surface area contributed by atoms with Crippen LogP contribution in [0, 0.1) is 0 Å². The summed E-state index contributed by atoms with van der Waals surface area (Å²) in [5, 5.41) is 6.62. The molecule has 1 aromatic carbocycles. The molecule has 1 spiro atoms. The lowest BCUT2D eigenvalue weighted by molar-refractivity contribution is -0.138. The molecule has 30 heavy (non-hydrogen) atoms. The summed E-state index contributed by atoms with van der Waals surface area (Å²) in [5.41, 5.74) is 0.541. The topological polar surface area (TPSA) is 64.7 Å². The number of anilines is 1. The number of amides is 2. The third-order valence-corrected chi connectivity index (χ3v) is 7.07. The van der Waals surface area contributed by atoms with Gasteiger partial charge in [0.1, 0.15) is 18.2 Å². The monoisotopic (exact) mass is 412 g/mol. The van der Waals surface area contributed by atoms with Crippen LogP contribution in [0.4, 0.5) is 5.69 Å². The minimum atomic E-state index is -0.544. The average Bonchev–Trinajstić information content (AvgIpc) is 2.98. The van der Waals surface area contributed by atoms with E-state index in [0.29, 0.717) is 0 Å². The van der Waals surface area contributed by atoms with E-state index in [2.05, 4.69) is 34.6 Å². The van der Waals surface area contributed by atoms with Gasteiger partial charge in [-0.05, 0) is 57.3 Å². The number of benzene rings is 1. The number of hydrogen-bond acceptors (Lipinski definition) is 4. The number of carbonyl (C=O) groups is 2. The number of para-hydroxylation sites is 1. The molecule has 6 heteroatoms.